The van der Waals surface area contributed by atoms with Crippen molar-refractivity contribution >= 4 is 19.1 Å². The van der Waals surface area contributed by atoms with E-state index < -0.39 is 24.9 Å². The smallest absolute Gasteiger partial charge is 0.444 e. The van der Waals surface area contributed by atoms with E-state index in [0.29, 0.717) is 24.2 Å². The topological polar surface area (TPSA) is 85.9 Å². The number of ether oxygens (including phenoxy) is 1. The lowest BCUT2D eigenvalue weighted by Gasteiger charge is -2.64. The van der Waals surface area contributed by atoms with Crippen LogP contribution in [0.25, 0.3) is 0 Å². The monoisotopic (exact) mass is 478 g/mol. The van der Waals surface area contributed by atoms with Gasteiger partial charge in [0.2, 0.25) is 5.91 Å². The Bertz CT molecular complexity index is 765. The van der Waals surface area contributed by atoms with Crippen molar-refractivity contribution in [3.63, 3.8) is 0 Å². The molecule has 1 aliphatic heterocycles. The summed E-state index contributed by atoms with van der Waals surface area (Å²) in [5.74, 6) is 1.20. The molecule has 0 unspecified atom stereocenters. The van der Waals surface area contributed by atoms with E-state index in [9.17, 15) is 9.59 Å². The zero-order chi connectivity index (χ0) is 25.6. The molecule has 1 saturated heterocycles. The highest BCUT2D eigenvalue weighted by Gasteiger charge is 2.68. The molecule has 7 nitrogen and oxygen atoms in total. The summed E-state index contributed by atoms with van der Waals surface area (Å²) in [4.78, 5) is 25.8. The lowest BCUT2D eigenvalue weighted by atomic mass is 9.43. The van der Waals surface area contributed by atoms with Crippen LogP contribution in [0, 0.1) is 29.1 Å². The molecule has 1 heterocycles. The summed E-state index contributed by atoms with van der Waals surface area (Å²) in [6.45, 7) is 20.6. The van der Waals surface area contributed by atoms with Gasteiger partial charge in [0.25, 0.3) is 0 Å². The minimum absolute atomic E-state index is 0.0622. The lowest BCUT2D eigenvalue weighted by Crippen LogP contribution is -2.65. The third kappa shape index (κ3) is 5.75. The number of carbonyl (C=O) groups excluding carboxylic acids is 2. The molecule has 34 heavy (non-hydrogen) atoms. The summed E-state index contributed by atoms with van der Waals surface area (Å²) in [5.41, 5.74) is -0.691. The van der Waals surface area contributed by atoms with E-state index in [0.717, 1.165) is 12.8 Å². The first kappa shape index (κ1) is 27.3. The van der Waals surface area contributed by atoms with Gasteiger partial charge in [-0.2, -0.15) is 0 Å². The van der Waals surface area contributed by atoms with Crippen molar-refractivity contribution in [2.75, 3.05) is 0 Å². The minimum atomic E-state index is -0.685. The second-order valence-electron chi connectivity index (χ2n) is 13.4. The summed E-state index contributed by atoms with van der Waals surface area (Å²) in [5, 5.41) is 5.96. The number of alkyl carbamates (subject to hydrolysis) is 1. The molecule has 194 valence electrons. The van der Waals surface area contributed by atoms with E-state index >= 15 is 0 Å². The molecular weight excluding hydrogens is 431 g/mol. The molecular formula is C26H47BN2O5. The van der Waals surface area contributed by atoms with Crippen molar-refractivity contribution in [2.45, 2.75) is 124 Å². The molecule has 6 atom stereocenters. The number of amides is 2. The fraction of sp³-hybridized carbons (Fsp3) is 0.923. The van der Waals surface area contributed by atoms with Crippen LogP contribution in [0.4, 0.5) is 4.79 Å². The van der Waals surface area contributed by atoms with Gasteiger partial charge in [-0.05, 0) is 82.5 Å². The standard InChI is InChI=1S/C26H47BN2O5/c1-15(2)11-18(28-23(31)32-24(5,6)7)22(30)29-21(12-16(3)4)27-33-20-14-17-13-19(25(17,8)9)26(20,10)34-27/h15-21H,11-14H2,1-10H3,(H,28,31)(H,29,30)/t17-,18-,19-,20+,21-,26-/m0/s1. The van der Waals surface area contributed by atoms with Crippen molar-refractivity contribution in [2.24, 2.45) is 29.1 Å². The molecule has 4 aliphatic rings. The Kier molecular flexibility index (Phi) is 7.75. The SMILES string of the molecule is CC(C)C[C@H](NC(=O)[C@H](CC(C)C)NC(=O)OC(C)(C)C)B1O[C@@H]2C[C@@H]3C[C@@H](C3(C)C)[C@]2(C)O1. The molecule has 8 heteroatoms. The number of nitrogens with one attached hydrogen (secondary N) is 2. The normalized spacial score (nSPS) is 31.5. The predicted octanol–water partition coefficient (Wildman–Crippen LogP) is 4.72. The van der Waals surface area contributed by atoms with Crippen molar-refractivity contribution in [1.29, 1.82) is 0 Å². The van der Waals surface area contributed by atoms with Crippen molar-refractivity contribution < 1.29 is 23.6 Å². The highest BCUT2D eigenvalue weighted by Crippen LogP contribution is 2.65. The first-order valence-corrected chi connectivity index (χ1v) is 13.2. The number of carbonyl (C=O) groups is 2. The van der Waals surface area contributed by atoms with Crippen LogP contribution in [0.2, 0.25) is 0 Å². The quantitative estimate of drug-likeness (QED) is 0.493. The molecule has 0 radical (unpaired) electrons. The van der Waals surface area contributed by atoms with Gasteiger partial charge in [-0.1, -0.05) is 41.5 Å². The zero-order valence-electron chi connectivity index (χ0n) is 23.0. The Labute approximate surface area is 207 Å². The number of rotatable bonds is 8. The largest absolute Gasteiger partial charge is 0.481 e. The van der Waals surface area contributed by atoms with E-state index in [-0.39, 0.29) is 34.9 Å². The number of hydrogen-bond acceptors (Lipinski definition) is 5. The van der Waals surface area contributed by atoms with Gasteiger partial charge in [0.1, 0.15) is 11.6 Å². The molecule has 2 bridgehead atoms. The van der Waals surface area contributed by atoms with Gasteiger partial charge in [-0.15, -0.1) is 0 Å². The van der Waals surface area contributed by atoms with Crippen LogP contribution < -0.4 is 10.6 Å². The van der Waals surface area contributed by atoms with Crippen molar-refractivity contribution in [3.05, 3.63) is 0 Å². The average Bonchev–Trinajstić information content (AvgIpc) is 3.01. The molecule has 0 spiro atoms. The third-order valence-electron chi connectivity index (χ3n) is 8.06. The minimum Gasteiger partial charge on any atom is -0.444 e. The van der Waals surface area contributed by atoms with Gasteiger partial charge >= 0.3 is 13.2 Å². The summed E-state index contributed by atoms with van der Waals surface area (Å²) >= 11 is 0. The molecule has 2 N–H and O–H groups in total. The second kappa shape index (κ2) is 9.64. The fourth-order valence-corrected chi connectivity index (χ4v) is 6.25. The van der Waals surface area contributed by atoms with E-state index in [4.69, 9.17) is 14.0 Å². The third-order valence-corrected chi connectivity index (χ3v) is 8.06. The van der Waals surface area contributed by atoms with Crippen LogP contribution in [-0.2, 0) is 18.8 Å². The molecule has 3 aliphatic carbocycles. The van der Waals surface area contributed by atoms with Crippen LogP contribution in [0.5, 0.6) is 0 Å². The van der Waals surface area contributed by atoms with Gasteiger partial charge in [-0.25, -0.2) is 4.79 Å². The molecule has 0 aromatic heterocycles. The summed E-state index contributed by atoms with van der Waals surface area (Å²) in [7, 11) is -0.488. The summed E-state index contributed by atoms with van der Waals surface area (Å²) < 4.78 is 18.5. The van der Waals surface area contributed by atoms with Gasteiger partial charge in [0.05, 0.1) is 17.6 Å². The van der Waals surface area contributed by atoms with E-state index in [1.165, 1.54) is 6.42 Å². The van der Waals surface area contributed by atoms with E-state index in [1.807, 2.05) is 34.6 Å². The molecule has 3 saturated carbocycles. The lowest BCUT2D eigenvalue weighted by molar-refractivity contribution is -0.199. The second-order valence-corrected chi connectivity index (χ2v) is 13.4. The first-order valence-electron chi connectivity index (χ1n) is 13.2. The zero-order valence-corrected chi connectivity index (χ0v) is 23.0. The highest BCUT2D eigenvalue weighted by molar-refractivity contribution is 6.47. The Morgan fingerprint density at radius 3 is 2.18 bits per heavy atom. The fourth-order valence-electron chi connectivity index (χ4n) is 6.25. The maximum Gasteiger partial charge on any atom is 0.481 e. The molecule has 4 rings (SSSR count). The maximum absolute atomic E-state index is 13.4. The summed E-state index contributed by atoms with van der Waals surface area (Å²) in [6, 6.07) is -0.685. The number of hydrogen-bond donors (Lipinski definition) is 2. The Morgan fingerprint density at radius 1 is 1.03 bits per heavy atom. The van der Waals surface area contributed by atoms with Crippen molar-refractivity contribution in [1.82, 2.24) is 10.6 Å². The van der Waals surface area contributed by atoms with Gasteiger partial charge in [0.15, 0.2) is 0 Å². The van der Waals surface area contributed by atoms with E-state index in [1.54, 1.807) is 0 Å². The Balaban J connectivity index is 1.72. The Morgan fingerprint density at radius 2 is 1.65 bits per heavy atom. The van der Waals surface area contributed by atoms with Gasteiger partial charge < -0.3 is 24.7 Å². The highest BCUT2D eigenvalue weighted by atomic mass is 16.7. The molecule has 2 amide bonds. The van der Waals surface area contributed by atoms with Crippen molar-refractivity contribution in [3.8, 4) is 0 Å². The van der Waals surface area contributed by atoms with Gasteiger partial charge in [0, 0.05) is 0 Å². The van der Waals surface area contributed by atoms with Crippen LogP contribution in [0.15, 0.2) is 0 Å². The molecule has 0 aromatic rings. The predicted molar refractivity (Wildman–Crippen MR) is 134 cm³/mol. The van der Waals surface area contributed by atoms with Crippen LogP contribution >= 0.6 is 0 Å². The average molecular weight is 478 g/mol. The summed E-state index contributed by atoms with van der Waals surface area (Å²) in [6.07, 6.45) is 2.93. The van der Waals surface area contributed by atoms with Crippen LogP contribution in [-0.4, -0.2) is 48.4 Å². The first-order chi connectivity index (χ1) is 15.5. The van der Waals surface area contributed by atoms with Crippen LogP contribution in [0.1, 0.15) is 94.9 Å². The molecule has 0 aromatic carbocycles. The van der Waals surface area contributed by atoms with Crippen LogP contribution in [0.3, 0.4) is 0 Å². The maximum atomic E-state index is 13.4. The molecule has 4 fully saturated rings. The van der Waals surface area contributed by atoms with Gasteiger partial charge in [-0.3, -0.25) is 4.79 Å². The Hall–Kier alpha value is -1.28. The van der Waals surface area contributed by atoms with E-state index in [2.05, 4.69) is 45.3 Å².